The second kappa shape index (κ2) is 5.96. The summed E-state index contributed by atoms with van der Waals surface area (Å²) in [6, 6.07) is -0.546. The summed E-state index contributed by atoms with van der Waals surface area (Å²) < 4.78 is 32.1. The smallest absolute Gasteiger partial charge is 0.349 e. The van der Waals surface area contributed by atoms with Gasteiger partial charge in [-0.25, -0.2) is 22.9 Å². The number of imidazole rings is 1. The quantitative estimate of drug-likeness (QED) is 0.812. The summed E-state index contributed by atoms with van der Waals surface area (Å²) in [7, 11) is -2.64. The zero-order valence-corrected chi connectivity index (χ0v) is 13.3. The largest absolute Gasteiger partial charge is 0.465 e. The van der Waals surface area contributed by atoms with Gasteiger partial charge in [-0.15, -0.1) is 11.3 Å². The van der Waals surface area contributed by atoms with E-state index in [0.717, 1.165) is 11.3 Å². The fourth-order valence-corrected chi connectivity index (χ4v) is 4.78. The van der Waals surface area contributed by atoms with Crippen molar-refractivity contribution in [1.29, 1.82) is 0 Å². The minimum Gasteiger partial charge on any atom is -0.465 e. The molecule has 2 aromatic rings. The van der Waals surface area contributed by atoms with Crippen molar-refractivity contribution in [1.82, 2.24) is 14.7 Å². The number of nitrogens with one attached hydrogen (secondary N) is 2. The second-order valence-electron chi connectivity index (χ2n) is 4.39. The monoisotopic (exact) mass is 329 g/mol. The molecule has 2 heterocycles. The third-order valence-corrected chi connectivity index (χ3v) is 5.75. The maximum atomic E-state index is 12.5. The van der Waals surface area contributed by atoms with Gasteiger partial charge in [0.2, 0.25) is 10.0 Å². The van der Waals surface area contributed by atoms with Crippen LogP contribution in [0.5, 0.6) is 0 Å². The molecule has 0 saturated carbocycles. The summed E-state index contributed by atoms with van der Waals surface area (Å²) in [4.78, 5) is 18.6. The normalized spacial score (nSPS) is 13.1. The van der Waals surface area contributed by atoms with Gasteiger partial charge in [0.1, 0.15) is 15.6 Å². The Morgan fingerprint density at radius 1 is 1.52 bits per heavy atom. The number of carbonyl (C=O) groups is 1. The van der Waals surface area contributed by atoms with Crippen molar-refractivity contribution >= 4 is 27.3 Å². The lowest BCUT2D eigenvalue weighted by Crippen LogP contribution is -2.29. The number of rotatable bonds is 5. The number of H-pyrrole nitrogens is 1. The summed E-state index contributed by atoms with van der Waals surface area (Å²) in [5.74, 6) is -0.176. The first-order valence-corrected chi connectivity index (χ1v) is 8.41. The molecule has 21 heavy (non-hydrogen) atoms. The standard InChI is InChI=1S/C12H15N3O4S2/c1-7-6-20-9(12(16)19-3)10(7)21(17,18)15-8(2)11-13-4-5-14-11/h4-6,8,15H,1-3H3,(H,13,14). The van der Waals surface area contributed by atoms with Crippen LogP contribution in [-0.4, -0.2) is 31.5 Å². The van der Waals surface area contributed by atoms with E-state index in [2.05, 4.69) is 19.4 Å². The van der Waals surface area contributed by atoms with Crippen LogP contribution in [0.1, 0.15) is 34.0 Å². The highest BCUT2D eigenvalue weighted by molar-refractivity contribution is 7.89. The lowest BCUT2D eigenvalue weighted by atomic mass is 10.3. The molecule has 0 aliphatic carbocycles. The van der Waals surface area contributed by atoms with Crippen molar-refractivity contribution in [2.75, 3.05) is 7.11 Å². The van der Waals surface area contributed by atoms with Gasteiger partial charge in [0, 0.05) is 12.4 Å². The summed E-state index contributed by atoms with van der Waals surface area (Å²) in [5.41, 5.74) is 0.500. The molecule has 0 spiro atoms. The van der Waals surface area contributed by atoms with E-state index in [-0.39, 0.29) is 9.77 Å². The van der Waals surface area contributed by atoms with Gasteiger partial charge in [-0.1, -0.05) is 0 Å². The number of thiophene rings is 1. The third kappa shape index (κ3) is 3.14. The van der Waals surface area contributed by atoms with Crippen molar-refractivity contribution in [2.24, 2.45) is 0 Å². The van der Waals surface area contributed by atoms with Crippen molar-refractivity contribution in [3.63, 3.8) is 0 Å². The number of ether oxygens (including phenoxy) is 1. The van der Waals surface area contributed by atoms with Crippen LogP contribution < -0.4 is 4.72 Å². The Morgan fingerprint density at radius 3 is 2.81 bits per heavy atom. The van der Waals surface area contributed by atoms with Crippen molar-refractivity contribution in [3.8, 4) is 0 Å². The Balaban J connectivity index is 2.36. The first-order valence-electron chi connectivity index (χ1n) is 6.05. The lowest BCUT2D eigenvalue weighted by molar-refractivity contribution is 0.0602. The van der Waals surface area contributed by atoms with Crippen LogP contribution in [0.15, 0.2) is 22.7 Å². The van der Waals surface area contributed by atoms with Gasteiger partial charge in [-0.3, -0.25) is 0 Å². The van der Waals surface area contributed by atoms with Gasteiger partial charge in [0.15, 0.2) is 0 Å². The highest BCUT2D eigenvalue weighted by Crippen LogP contribution is 2.28. The Labute approximate surface area is 126 Å². The molecule has 2 aromatic heterocycles. The van der Waals surface area contributed by atoms with E-state index in [9.17, 15) is 13.2 Å². The van der Waals surface area contributed by atoms with Crippen molar-refractivity contribution in [2.45, 2.75) is 24.8 Å². The van der Waals surface area contributed by atoms with Crippen LogP contribution in [0, 0.1) is 6.92 Å². The van der Waals surface area contributed by atoms with E-state index in [1.165, 1.54) is 13.3 Å². The predicted molar refractivity (Wildman–Crippen MR) is 77.7 cm³/mol. The lowest BCUT2D eigenvalue weighted by Gasteiger charge is -2.13. The first kappa shape index (κ1) is 15.7. The minimum atomic E-state index is -3.86. The molecular weight excluding hydrogens is 314 g/mol. The van der Waals surface area contributed by atoms with E-state index in [0.29, 0.717) is 11.4 Å². The molecule has 0 aromatic carbocycles. The first-order chi connectivity index (χ1) is 9.86. The van der Waals surface area contributed by atoms with Gasteiger partial charge >= 0.3 is 5.97 Å². The van der Waals surface area contributed by atoms with Crippen LogP contribution in [0.4, 0.5) is 0 Å². The molecule has 9 heteroatoms. The van der Waals surface area contributed by atoms with Crippen molar-refractivity contribution in [3.05, 3.63) is 34.0 Å². The molecule has 7 nitrogen and oxygen atoms in total. The fraction of sp³-hybridized carbons (Fsp3) is 0.333. The number of aromatic nitrogens is 2. The Morgan fingerprint density at radius 2 is 2.24 bits per heavy atom. The van der Waals surface area contributed by atoms with Crippen LogP contribution in [0.2, 0.25) is 0 Å². The molecule has 2 N–H and O–H groups in total. The van der Waals surface area contributed by atoms with Gasteiger partial charge in [-0.2, -0.15) is 0 Å². The zero-order valence-electron chi connectivity index (χ0n) is 11.7. The topological polar surface area (TPSA) is 101 Å². The van der Waals surface area contributed by atoms with Gasteiger partial charge in [-0.05, 0) is 24.8 Å². The zero-order chi connectivity index (χ0) is 15.6. The number of aryl methyl sites for hydroxylation is 1. The van der Waals surface area contributed by atoms with Crippen molar-refractivity contribution < 1.29 is 17.9 Å². The SMILES string of the molecule is COC(=O)c1scc(C)c1S(=O)(=O)NC(C)c1ncc[nH]1. The number of nitrogens with zero attached hydrogens (tertiary/aromatic N) is 1. The maximum Gasteiger partial charge on any atom is 0.349 e. The molecule has 0 aliphatic heterocycles. The van der Waals surface area contributed by atoms with E-state index in [4.69, 9.17) is 0 Å². The average Bonchev–Trinajstić information content (AvgIpc) is 3.06. The molecule has 0 radical (unpaired) electrons. The van der Waals surface area contributed by atoms with Gasteiger partial charge < -0.3 is 9.72 Å². The van der Waals surface area contributed by atoms with Crippen LogP contribution in [-0.2, 0) is 14.8 Å². The summed E-state index contributed by atoms with van der Waals surface area (Å²) in [6.07, 6.45) is 3.14. The van der Waals surface area contributed by atoms with Crippen LogP contribution in [0.3, 0.4) is 0 Å². The van der Waals surface area contributed by atoms with E-state index >= 15 is 0 Å². The summed E-state index contributed by atoms with van der Waals surface area (Å²) in [5, 5.41) is 1.61. The molecule has 0 amide bonds. The molecule has 0 saturated heterocycles. The van der Waals surface area contributed by atoms with E-state index in [1.807, 2.05) is 0 Å². The highest BCUT2D eigenvalue weighted by atomic mass is 32.2. The maximum absolute atomic E-state index is 12.5. The number of aromatic amines is 1. The Bertz CT molecular complexity index is 735. The fourth-order valence-electron chi connectivity index (χ4n) is 1.86. The van der Waals surface area contributed by atoms with Crippen LogP contribution in [0.25, 0.3) is 0 Å². The number of esters is 1. The Kier molecular flexibility index (Phi) is 4.45. The summed E-state index contributed by atoms with van der Waals surface area (Å²) >= 11 is 1.04. The van der Waals surface area contributed by atoms with Crippen LogP contribution >= 0.6 is 11.3 Å². The predicted octanol–water partition coefficient (Wildman–Crippen LogP) is 1.61. The van der Waals surface area contributed by atoms with E-state index in [1.54, 1.807) is 25.4 Å². The average molecular weight is 329 g/mol. The summed E-state index contributed by atoms with van der Waals surface area (Å²) in [6.45, 7) is 3.30. The number of methoxy groups -OCH3 is 1. The molecule has 1 unspecified atom stereocenters. The third-order valence-electron chi connectivity index (χ3n) is 2.82. The number of carbonyl (C=O) groups excluding carboxylic acids is 1. The molecule has 114 valence electrons. The molecule has 2 rings (SSSR count). The molecule has 1 atom stereocenters. The molecule has 0 bridgehead atoms. The number of sulfonamides is 1. The molecule has 0 aliphatic rings. The van der Waals surface area contributed by atoms with Gasteiger partial charge in [0.05, 0.1) is 13.2 Å². The molecule has 0 fully saturated rings. The highest BCUT2D eigenvalue weighted by Gasteiger charge is 2.29. The van der Waals surface area contributed by atoms with Gasteiger partial charge in [0.25, 0.3) is 0 Å². The molecular formula is C12H15N3O4S2. The minimum absolute atomic E-state index is 0.0437. The second-order valence-corrected chi connectivity index (χ2v) is 6.92. The van der Waals surface area contributed by atoms with E-state index < -0.39 is 22.0 Å². The number of hydrogen-bond acceptors (Lipinski definition) is 6. The number of hydrogen-bond donors (Lipinski definition) is 2. The Hall–Kier alpha value is -1.71.